The zero-order valence-electron chi connectivity index (χ0n) is 48.6. The van der Waals surface area contributed by atoms with Gasteiger partial charge in [-0.05, 0) is 141 Å². The lowest BCUT2D eigenvalue weighted by molar-refractivity contribution is -0.397. The van der Waals surface area contributed by atoms with E-state index in [9.17, 15) is 74.2 Å². The SMILES string of the molecule is CC(C)=CCC[C@](C)(O)[C@H]1CC[C@H]2[C@@H]3C[C@H](O[C@@H]4O[C@H](C)[C@@H](O)[C@H](O[C@@H]5OC[C@@H](O[C@@H]6O[C@H](C)[C@H](O)[C@H](O)[C@H]6O[C@@H]6O[C@H](C)[C@@H](O)[C@H](O)[C@H]6O)[C@H](O)[C@H]5O[C@@H]5O[C@H](C)[C@@H](O)[C@H](O)[C@H]5O)[C@H]4O)[C@H]4C[C@@H](OS(=O)(=O)O)CC[C@]4(C)C3=CC[C@@]21C. The van der Waals surface area contributed by atoms with Crippen LogP contribution in [0.5, 0.6) is 0 Å². The van der Waals surface area contributed by atoms with Gasteiger partial charge >= 0.3 is 10.4 Å². The summed E-state index contributed by atoms with van der Waals surface area (Å²) < 4.78 is 101. The summed E-state index contributed by atoms with van der Waals surface area (Å²) >= 11 is 0. The lowest BCUT2D eigenvalue weighted by atomic mass is 9.47. The highest BCUT2D eigenvalue weighted by Gasteiger charge is 2.63. The molecule has 13 N–H and O–H groups in total. The maximum Gasteiger partial charge on any atom is 0.397 e. The van der Waals surface area contributed by atoms with Gasteiger partial charge in [0, 0.05) is 0 Å². The van der Waals surface area contributed by atoms with Crippen LogP contribution in [-0.2, 0) is 62.0 Å². The normalized spacial score (nSPS) is 52.1. The molecule has 9 aliphatic rings. The molecule has 9 rings (SSSR count). The van der Waals surface area contributed by atoms with Crippen LogP contribution >= 0.6 is 0 Å². The molecule has 33 atom stereocenters. The van der Waals surface area contributed by atoms with E-state index in [-0.39, 0.29) is 29.6 Å². The average molecular weight is 1210 g/mol. The molecule has 83 heavy (non-hydrogen) atoms. The van der Waals surface area contributed by atoms with Crippen LogP contribution in [0.25, 0.3) is 0 Å². The number of fused-ring (bicyclic) bond motifs is 5. The van der Waals surface area contributed by atoms with E-state index in [2.05, 4.69) is 26.0 Å². The maximum absolute atomic E-state index is 12.4. The average Bonchev–Trinajstić information content (AvgIpc) is 2.27. The molecular weight excluding hydrogens is 1120 g/mol. The van der Waals surface area contributed by atoms with Crippen molar-refractivity contribution in [3.05, 3.63) is 23.3 Å². The molecule has 0 aromatic heterocycles. The van der Waals surface area contributed by atoms with Crippen molar-refractivity contribution < 1.29 is 126 Å². The third-order valence-corrected chi connectivity index (χ3v) is 20.8. The van der Waals surface area contributed by atoms with Crippen molar-refractivity contribution >= 4 is 10.4 Å². The predicted molar refractivity (Wildman–Crippen MR) is 284 cm³/mol. The first kappa shape index (κ1) is 65.9. The molecule has 3 saturated carbocycles. The molecule has 0 unspecified atom stereocenters. The highest BCUT2D eigenvalue weighted by Crippen LogP contribution is 2.67. The lowest BCUT2D eigenvalue weighted by Gasteiger charge is -2.60. The van der Waals surface area contributed by atoms with E-state index in [1.807, 2.05) is 20.8 Å². The Balaban J connectivity index is 0.978. The summed E-state index contributed by atoms with van der Waals surface area (Å²) in [6.45, 7) is 15.5. The van der Waals surface area contributed by atoms with E-state index in [4.69, 9.17) is 51.6 Å². The number of aliphatic hydroxyl groups is 12. The molecule has 5 saturated heterocycles. The summed E-state index contributed by atoms with van der Waals surface area (Å²) in [6.07, 6.45) is -31.1. The van der Waals surface area contributed by atoms with Gasteiger partial charge in [0.25, 0.3) is 0 Å². The molecule has 26 nitrogen and oxygen atoms in total. The van der Waals surface area contributed by atoms with E-state index in [1.54, 1.807) is 0 Å². The smallest absolute Gasteiger partial charge is 0.390 e. The van der Waals surface area contributed by atoms with Crippen molar-refractivity contribution in [1.29, 1.82) is 0 Å². The Labute approximate surface area is 484 Å². The fourth-order valence-electron chi connectivity index (χ4n) is 15.5. The fraction of sp³-hybridized carbons (Fsp3) is 0.929. The summed E-state index contributed by atoms with van der Waals surface area (Å²) in [5.41, 5.74) is 0.549. The second-order valence-corrected chi connectivity index (χ2v) is 27.2. The Bertz CT molecular complexity index is 2380. The third-order valence-electron chi connectivity index (χ3n) is 20.3. The van der Waals surface area contributed by atoms with Gasteiger partial charge in [-0.25, -0.2) is 4.18 Å². The molecule has 5 aliphatic heterocycles. The molecule has 478 valence electrons. The minimum absolute atomic E-state index is 0.0241. The van der Waals surface area contributed by atoms with Crippen molar-refractivity contribution in [3.8, 4) is 0 Å². The van der Waals surface area contributed by atoms with Gasteiger partial charge in [-0.1, -0.05) is 37.1 Å². The zero-order valence-corrected chi connectivity index (χ0v) is 49.4. The molecular formula is C56H92O26S. The first-order valence-corrected chi connectivity index (χ1v) is 30.8. The predicted octanol–water partition coefficient (Wildman–Crippen LogP) is -0.908. The summed E-state index contributed by atoms with van der Waals surface area (Å²) in [5, 5.41) is 135. The highest BCUT2D eigenvalue weighted by molar-refractivity contribution is 7.80. The summed E-state index contributed by atoms with van der Waals surface area (Å²) in [5.74, 6) is -0.423. The summed E-state index contributed by atoms with van der Waals surface area (Å²) in [6, 6.07) is 0. The fourth-order valence-corrected chi connectivity index (χ4v) is 16.0. The van der Waals surface area contributed by atoms with E-state index in [0.29, 0.717) is 25.7 Å². The van der Waals surface area contributed by atoms with E-state index < -0.39 is 194 Å². The molecule has 0 aromatic carbocycles. The Morgan fingerprint density at radius 2 is 1.13 bits per heavy atom. The van der Waals surface area contributed by atoms with E-state index in [0.717, 1.165) is 25.7 Å². The Kier molecular flexibility index (Phi) is 20.2. The van der Waals surface area contributed by atoms with Gasteiger partial charge < -0.3 is 109 Å². The van der Waals surface area contributed by atoms with Gasteiger partial charge in [-0.3, -0.25) is 4.55 Å². The molecule has 8 fully saturated rings. The maximum atomic E-state index is 12.4. The topological polar surface area (TPSA) is 399 Å². The van der Waals surface area contributed by atoms with Gasteiger partial charge in [0.05, 0.1) is 48.8 Å². The van der Waals surface area contributed by atoms with Crippen LogP contribution in [0.1, 0.15) is 120 Å². The minimum Gasteiger partial charge on any atom is -0.390 e. The van der Waals surface area contributed by atoms with E-state index >= 15 is 0 Å². The zero-order chi connectivity index (χ0) is 60.7. The Hall–Kier alpha value is -1.53. The lowest BCUT2D eigenvalue weighted by Crippen LogP contribution is -2.66. The molecule has 0 radical (unpaired) electrons. The third kappa shape index (κ3) is 13.1. The minimum atomic E-state index is -4.85. The van der Waals surface area contributed by atoms with Gasteiger partial charge in [0.2, 0.25) is 0 Å². The van der Waals surface area contributed by atoms with Gasteiger partial charge in [-0.2, -0.15) is 8.42 Å². The Morgan fingerprint density at radius 3 is 1.71 bits per heavy atom. The van der Waals surface area contributed by atoms with Crippen molar-refractivity contribution in [2.45, 2.75) is 285 Å². The van der Waals surface area contributed by atoms with Crippen LogP contribution in [0.3, 0.4) is 0 Å². The largest absolute Gasteiger partial charge is 0.397 e. The van der Waals surface area contributed by atoms with Gasteiger partial charge in [0.1, 0.15) is 91.6 Å². The van der Waals surface area contributed by atoms with Gasteiger partial charge in [0.15, 0.2) is 31.5 Å². The van der Waals surface area contributed by atoms with Crippen LogP contribution in [0.15, 0.2) is 23.3 Å². The summed E-state index contributed by atoms with van der Waals surface area (Å²) in [4.78, 5) is 0. The van der Waals surface area contributed by atoms with Crippen molar-refractivity contribution in [2.24, 2.45) is 34.5 Å². The quantitative estimate of drug-likeness (QED) is 0.0657. The van der Waals surface area contributed by atoms with Gasteiger partial charge in [-0.15, -0.1) is 0 Å². The molecule has 5 heterocycles. The van der Waals surface area contributed by atoms with Crippen LogP contribution in [-0.4, -0.2) is 246 Å². The molecule has 4 aliphatic carbocycles. The number of hydrogen-bond donors (Lipinski definition) is 13. The van der Waals surface area contributed by atoms with Crippen molar-refractivity contribution in [1.82, 2.24) is 0 Å². The first-order chi connectivity index (χ1) is 38.8. The first-order valence-electron chi connectivity index (χ1n) is 29.5. The van der Waals surface area contributed by atoms with Crippen molar-refractivity contribution in [3.63, 3.8) is 0 Å². The number of aliphatic hydroxyl groups excluding tert-OH is 11. The number of allylic oxidation sites excluding steroid dienone is 4. The second-order valence-electron chi connectivity index (χ2n) is 26.2. The van der Waals surface area contributed by atoms with E-state index in [1.165, 1.54) is 38.8 Å². The van der Waals surface area contributed by atoms with Crippen LogP contribution < -0.4 is 0 Å². The number of hydrogen-bond acceptors (Lipinski definition) is 25. The highest BCUT2D eigenvalue weighted by atomic mass is 32.3. The molecule has 0 amide bonds. The number of ether oxygens (including phenoxy) is 10. The van der Waals surface area contributed by atoms with Crippen LogP contribution in [0, 0.1) is 34.5 Å². The van der Waals surface area contributed by atoms with Crippen molar-refractivity contribution in [2.75, 3.05) is 6.61 Å². The second kappa shape index (κ2) is 25.4. The molecule has 0 aromatic rings. The number of rotatable bonds is 16. The monoisotopic (exact) mass is 1210 g/mol. The molecule has 27 heteroatoms. The summed E-state index contributed by atoms with van der Waals surface area (Å²) in [7, 11) is -4.85. The molecule has 0 spiro atoms. The molecule has 0 bridgehead atoms. The Morgan fingerprint density at radius 1 is 0.614 bits per heavy atom. The van der Waals surface area contributed by atoms with Crippen LogP contribution in [0.2, 0.25) is 0 Å². The standard InChI is InChI=1S/C56H92O26S/c1-22(2)11-10-16-56(9,68)34-13-12-29-28-20-32(31-19-27(82-83(69,70)71)14-17-54(31,7)30(28)15-18-55(29,34)8)77-51-45(67)46(38(60)26(6)75-51)79-52-47(80-49-43(65)40(62)35(57)23(3)73-49)39(61)33(21-72-52)78-53-48(42(64)37(59)25(5)76-53)81-50-44(66)41(63)36(58)24(4)74-50/h11,15,23-29,31-53,57-68H,10,12-14,16-21H2,1-9H3,(H,69,70,71)/t23-,24-,25-,26-,27+,28+,29+,31-,32+,33-,34+,35-,36-,37+,38-,39+,40+,41+,42+,43-,44-,45-,46+,47-,48-,49+,50+,51+,52+,53+,54-,55+,56+/m1/s1. The van der Waals surface area contributed by atoms with Crippen LogP contribution in [0.4, 0.5) is 0 Å².